The van der Waals surface area contributed by atoms with E-state index < -0.39 is 6.29 Å². The SMILES string of the molecule is C[C@H](/C=C/[C@@H]1[C@H]2CC(O)O[C@H]2C[C@H]1C)CCc1ccccc1. The molecule has 2 aliphatic rings. The van der Waals surface area contributed by atoms with Crippen molar-refractivity contribution in [3.05, 3.63) is 48.0 Å². The van der Waals surface area contributed by atoms with Crippen molar-refractivity contribution in [3.8, 4) is 0 Å². The van der Waals surface area contributed by atoms with Crippen molar-refractivity contribution >= 4 is 0 Å². The minimum atomic E-state index is -0.533. The molecular weight excluding hydrogens is 272 g/mol. The largest absolute Gasteiger partial charge is 0.368 e. The topological polar surface area (TPSA) is 29.5 Å². The third kappa shape index (κ3) is 3.61. The minimum Gasteiger partial charge on any atom is -0.368 e. The molecule has 1 aromatic carbocycles. The Morgan fingerprint density at radius 3 is 2.82 bits per heavy atom. The molecule has 2 heteroatoms. The third-order valence-electron chi connectivity index (χ3n) is 5.43. The first-order valence-electron chi connectivity index (χ1n) is 8.69. The Morgan fingerprint density at radius 2 is 2.05 bits per heavy atom. The lowest BCUT2D eigenvalue weighted by atomic mass is 9.87. The molecule has 0 amide bonds. The van der Waals surface area contributed by atoms with Crippen LogP contribution in [0, 0.1) is 23.7 Å². The number of hydrogen-bond donors (Lipinski definition) is 1. The number of aliphatic hydroxyl groups excluding tert-OH is 1. The molecule has 1 saturated carbocycles. The smallest absolute Gasteiger partial charge is 0.155 e. The second-order valence-corrected chi connectivity index (χ2v) is 7.21. The summed E-state index contributed by atoms with van der Waals surface area (Å²) in [6.45, 7) is 4.62. The van der Waals surface area contributed by atoms with Crippen LogP contribution in [0.1, 0.15) is 38.7 Å². The van der Waals surface area contributed by atoms with Crippen LogP contribution in [-0.2, 0) is 11.2 Å². The van der Waals surface area contributed by atoms with Crippen molar-refractivity contribution in [3.63, 3.8) is 0 Å². The maximum Gasteiger partial charge on any atom is 0.155 e. The van der Waals surface area contributed by atoms with Gasteiger partial charge in [0.1, 0.15) is 0 Å². The third-order valence-corrected chi connectivity index (χ3v) is 5.43. The molecule has 1 unspecified atom stereocenters. The number of benzene rings is 1. The van der Waals surface area contributed by atoms with Gasteiger partial charge in [0, 0.05) is 6.42 Å². The predicted molar refractivity (Wildman–Crippen MR) is 89.3 cm³/mol. The van der Waals surface area contributed by atoms with Crippen molar-refractivity contribution in [2.45, 2.75) is 51.9 Å². The lowest BCUT2D eigenvalue weighted by Gasteiger charge is -2.17. The molecule has 3 rings (SSSR count). The van der Waals surface area contributed by atoms with Crippen LogP contribution < -0.4 is 0 Å². The summed E-state index contributed by atoms with van der Waals surface area (Å²) in [6, 6.07) is 10.7. The minimum absolute atomic E-state index is 0.277. The Kier molecular flexibility index (Phi) is 5.00. The summed E-state index contributed by atoms with van der Waals surface area (Å²) in [5.41, 5.74) is 1.42. The quantitative estimate of drug-likeness (QED) is 0.826. The van der Waals surface area contributed by atoms with Gasteiger partial charge in [-0.1, -0.05) is 56.3 Å². The fraction of sp³-hybridized carbons (Fsp3) is 0.600. The Labute approximate surface area is 134 Å². The normalized spacial score (nSPS) is 35.9. The van der Waals surface area contributed by atoms with E-state index in [4.69, 9.17) is 4.74 Å². The van der Waals surface area contributed by atoms with Crippen LogP contribution in [-0.4, -0.2) is 17.5 Å². The molecule has 6 atom stereocenters. The van der Waals surface area contributed by atoms with Crippen molar-refractivity contribution in [1.29, 1.82) is 0 Å². The number of aliphatic hydroxyl groups is 1. The van der Waals surface area contributed by atoms with Crippen molar-refractivity contribution in [1.82, 2.24) is 0 Å². The van der Waals surface area contributed by atoms with Gasteiger partial charge >= 0.3 is 0 Å². The summed E-state index contributed by atoms with van der Waals surface area (Å²) in [5, 5.41) is 9.68. The summed E-state index contributed by atoms with van der Waals surface area (Å²) >= 11 is 0. The summed E-state index contributed by atoms with van der Waals surface area (Å²) < 4.78 is 5.62. The van der Waals surface area contributed by atoms with Crippen molar-refractivity contribution in [2.75, 3.05) is 0 Å². The summed E-state index contributed by atoms with van der Waals surface area (Å²) in [5.74, 6) is 2.35. The molecule has 0 radical (unpaired) electrons. The van der Waals surface area contributed by atoms with E-state index in [9.17, 15) is 5.11 Å². The van der Waals surface area contributed by atoms with Crippen molar-refractivity contribution < 1.29 is 9.84 Å². The number of fused-ring (bicyclic) bond motifs is 1. The van der Waals surface area contributed by atoms with Gasteiger partial charge in [-0.25, -0.2) is 0 Å². The fourth-order valence-corrected chi connectivity index (χ4v) is 4.11. The standard InChI is InChI=1S/C20H28O2/c1-14(8-10-16-6-4-3-5-7-16)9-11-17-15(2)12-19-18(17)13-20(21)22-19/h3-7,9,11,14-15,17-21H,8,10,12-13H2,1-2H3/b11-9+/t14-,15+,17-,18+,19-,20?/m0/s1. The molecule has 1 saturated heterocycles. The maximum atomic E-state index is 9.68. The van der Waals surface area contributed by atoms with E-state index in [1.54, 1.807) is 0 Å². The first-order valence-corrected chi connectivity index (χ1v) is 8.69. The summed E-state index contributed by atoms with van der Waals surface area (Å²) in [7, 11) is 0. The van der Waals surface area contributed by atoms with Gasteiger partial charge in [-0.3, -0.25) is 0 Å². The summed E-state index contributed by atoms with van der Waals surface area (Å²) in [4.78, 5) is 0. The van der Waals surface area contributed by atoms with Gasteiger partial charge in [-0.2, -0.15) is 0 Å². The highest BCUT2D eigenvalue weighted by atomic mass is 16.6. The fourth-order valence-electron chi connectivity index (χ4n) is 4.11. The van der Waals surface area contributed by atoms with E-state index in [0.29, 0.717) is 23.7 Å². The molecular formula is C20H28O2. The van der Waals surface area contributed by atoms with Gasteiger partial charge in [0.05, 0.1) is 6.10 Å². The molecule has 22 heavy (non-hydrogen) atoms. The molecule has 0 aromatic heterocycles. The number of hydrogen-bond acceptors (Lipinski definition) is 2. The van der Waals surface area contributed by atoms with Crippen LogP contribution in [0.3, 0.4) is 0 Å². The zero-order chi connectivity index (χ0) is 15.5. The Hall–Kier alpha value is -1.12. The Balaban J connectivity index is 1.52. The van der Waals surface area contributed by atoms with Gasteiger partial charge in [0.25, 0.3) is 0 Å². The van der Waals surface area contributed by atoms with E-state index in [1.165, 1.54) is 12.0 Å². The van der Waals surface area contributed by atoms with Gasteiger partial charge in [-0.15, -0.1) is 0 Å². The Bertz CT molecular complexity index is 496. The highest BCUT2D eigenvalue weighted by Gasteiger charge is 2.46. The molecule has 1 aliphatic carbocycles. The predicted octanol–water partition coefficient (Wildman–Crippen LogP) is 4.19. The molecule has 1 aromatic rings. The highest BCUT2D eigenvalue weighted by Crippen LogP contribution is 2.46. The highest BCUT2D eigenvalue weighted by molar-refractivity contribution is 5.15. The monoisotopic (exact) mass is 300 g/mol. The molecule has 1 aliphatic heterocycles. The molecule has 2 fully saturated rings. The van der Waals surface area contributed by atoms with Crippen LogP contribution in [0.15, 0.2) is 42.5 Å². The average molecular weight is 300 g/mol. The van der Waals surface area contributed by atoms with Crippen LogP contribution in [0.5, 0.6) is 0 Å². The van der Waals surface area contributed by atoms with E-state index in [1.807, 2.05) is 0 Å². The zero-order valence-electron chi connectivity index (χ0n) is 13.7. The molecule has 120 valence electrons. The second kappa shape index (κ2) is 6.97. The molecule has 0 bridgehead atoms. The van der Waals surface area contributed by atoms with E-state index in [0.717, 1.165) is 19.3 Å². The van der Waals surface area contributed by atoms with E-state index in [2.05, 4.69) is 56.3 Å². The van der Waals surface area contributed by atoms with Crippen LogP contribution >= 0.6 is 0 Å². The van der Waals surface area contributed by atoms with Crippen molar-refractivity contribution in [2.24, 2.45) is 23.7 Å². The molecule has 1 heterocycles. The Morgan fingerprint density at radius 1 is 1.27 bits per heavy atom. The lowest BCUT2D eigenvalue weighted by Crippen LogP contribution is -2.14. The van der Waals surface area contributed by atoms with E-state index in [-0.39, 0.29) is 6.10 Å². The second-order valence-electron chi connectivity index (χ2n) is 7.21. The van der Waals surface area contributed by atoms with E-state index >= 15 is 0 Å². The number of aryl methyl sites for hydroxylation is 1. The zero-order valence-corrected chi connectivity index (χ0v) is 13.7. The van der Waals surface area contributed by atoms with Gasteiger partial charge in [0.2, 0.25) is 0 Å². The first-order chi connectivity index (χ1) is 10.6. The number of allylic oxidation sites excluding steroid dienone is 2. The summed E-state index contributed by atoms with van der Waals surface area (Å²) in [6.07, 6.45) is 8.77. The van der Waals surface area contributed by atoms with Gasteiger partial charge in [0.15, 0.2) is 6.29 Å². The van der Waals surface area contributed by atoms with Crippen LogP contribution in [0.4, 0.5) is 0 Å². The molecule has 1 N–H and O–H groups in total. The first kappa shape index (κ1) is 15.8. The molecule has 0 spiro atoms. The lowest BCUT2D eigenvalue weighted by molar-refractivity contribution is -0.0922. The van der Waals surface area contributed by atoms with Gasteiger partial charge < -0.3 is 9.84 Å². The maximum absolute atomic E-state index is 9.68. The number of rotatable bonds is 5. The van der Waals surface area contributed by atoms with Crippen LogP contribution in [0.2, 0.25) is 0 Å². The average Bonchev–Trinajstić information content (AvgIpc) is 2.99. The van der Waals surface area contributed by atoms with Gasteiger partial charge in [-0.05, 0) is 48.5 Å². The molecule has 2 nitrogen and oxygen atoms in total. The number of ether oxygens (including phenoxy) is 1. The van der Waals surface area contributed by atoms with Crippen LogP contribution in [0.25, 0.3) is 0 Å².